The first-order valence-corrected chi connectivity index (χ1v) is 11.1. The molecule has 0 radical (unpaired) electrons. The van der Waals surface area contributed by atoms with E-state index in [-0.39, 0.29) is 10.9 Å². The maximum Gasteiger partial charge on any atom is 0.178 e. The van der Waals surface area contributed by atoms with Gasteiger partial charge in [0.2, 0.25) is 0 Å². The molecule has 0 N–H and O–H groups in total. The molecule has 5 heteroatoms. The third-order valence-electron chi connectivity index (χ3n) is 6.03. The van der Waals surface area contributed by atoms with Crippen molar-refractivity contribution in [3.8, 4) is 0 Å². The van der Waals surface area contributed by atoms with Crippen LogP contribution in [0.4, 0.5) is 0 Å². The minimum atomic E-state index is -0.797. The highest BCUT2D eigenvalue weighted by atomic mass is 35.5. The van der Waals surface area contributed by atoms with Crippen LogP contribution in [-0.4, -0.2) is 20.5 Å². The molecule has 5 rings (SSSR count). The predicted molar refractivity (Wildman–Crippen MR) is 132 cm³/mol. The Bertz CT molecular complexity index is 1350. The summed E-state index contributed by atoms with van der Waals surface area (Å²) in [6, 6.07) is 32.7. The van der Waals surface area contributed by atoms with Crippen LogP contribution >= 0.6 is 11.6 Å². The minimum absolute atomic E-state index is 0.144. The van der Waals surface area contributed by atoms with E-state index in [0.717, 1.165) is 33.3 Å². The summed E-state index contributed by atoms with van der Waals surface area (Å²) in [5.41, 5.74) is 4.16. The fourth-order valence-electron chi connectivity index (χ4n) is 4.69. The van der Waals surface area contributed by atoms with Crippen molar-refractivity contribution >= 4 is 28.3 Å². The summed E-state index contributed by atoms with van der Waals surface area (Å²) < 4.78 is 2.00. The van der Waals surface area contributed by atoms with Crippen LogP contribution in [0.5, 0.6) is 0 Å². The largest absolute Gasteiger partial charge is 0.293 e. The van der Waals surface area contributed by atoms with E-state index in [0.29, 0.717) is 5.69 Å². The zero-order valence-electron chi connectivity index (χ0n) is 18.4. The van der Waals surface area contributed by atoms with Gasteiger partial charge in [0.05, 0.1) is 16.6 Å². The van der Waals surface area contributed by atoms with Crippen LogP contribution in [-0.2, 0) is 5.54 Å². The van der Waals surface area contributed by atoms with E-state index in [9.17, 15) is 4.79 Å². The van der Waals surface area contributed by atoms with Gasteiger partial charge in [-0.25, -0.2) is 9.67 Å². The molecular weight excluding hydrogens is 430 g/mol. The second kappa shape index (κ2) is 8.30. The monoisotopic (exact) mass is 451 g/mol. The summed E-state index contributed by atoms with van der Waals surface area (Å²) in [5.74, 6) is -0.144. The highest BCUT2D eigenvalue weighted by Crippen LogP contribution is 2.43. The zero-order valence-corrected chi connectivity index (χ0v) is 19.1. The standard InChI is InChI=1S/C28H22ClN3O/c1-19-26-24(18-25(29)30-27(26)20(2)33)32(31-19)28(21-12-6-3-7-13-21,22-14-8-4-9-15-22)23-16-10-5-11-17-23/h3-18H,1-2H3. The van der Waals surface area contributed by atoms with Crippen molar-refractivity contribution in [3.63, 3.8) is 0 Å². The topological polar surface area (TPSA) is 47.8 Å². The Labute approximate surface area is 197 Å². The van der Waals surface area contributed by atoms with Crippen LogP contribution in [0.2, 0.25) is 5.15 Å². The lowest BCUT2D eigenvalue weighted by Gasteiger charge is -2.37. The van der Waals surface area contributed by atoms with E-state index < -0.39 is 5.54 Å². The molecule has 0 fully saturated rings. The molecule has 3 aromatic carbocycles. The molecule has 0 bridgehead atoms. The molecule has 5 aromatic rings. The number of Topliss-reactive ketones (excluding diaryl/α,β-unsaturated/α-hetero) is 1. The number of halogens is 1. The normalized spacial score (nSPS) is 11.6. The van der Waals surface area contributed by atoms with Crippen LogP contribution < -0.4 is 0 Å². The van der Waals surface area contributed by atoms with Gasteiger partial charge in [-0.1, -0.05) is 103 Å². The molecule has 0 saturated carbocycles. The van der Waals surface area contributed by atoms with Crippen molar-refractivity contribution in [2.45, 2.75) is 19.4 Å². The van der Waals surface area contributed by atoms with Crippen molar-refractivity contribution in [3.05, 3.63) is 130 Å². The number of carbonyl (C=O) groups excluding carboxylic acids is 1. The first kappa shape index (κ1) is 21.1. The Morgan fingerprint density at radius 2 is 1.27 bits per heavy atom. The molecule has 0 aliphatic carbocycles. The Hall–Kier alpha value is -3.76. The quantitative estimate of drug-likeness (QED) is 0.175. The Morgan fingerprint density at radius 3 is 1.70 bits per heavy atom. The van der Waals surface area contributed by atoms with Crippen LogP contribution in [0, 0.1) is 6.92 Å². The van der Waals surface area contributed by atoms with Crippen LogP contribution in [0.25, 0.3) is 10.9 Å². The third-order valence-corrected chi connectivity index (χ3v) is 6.23. The Kier molecular flexibility index (Phi) is 5.31. The zero-order chi connectivity index (χ0) is 23.0. The molecule has 0 saturated heterocycles. The summed E-state index contributed by atoms with van der Waals surface area (Å²) in [7, 11) is 0. The lowest BCUT2D eigenvalue weighted by molar-refractivity contribution is 0.101. The van der Waals surface area contributed by atoms with Gasteiger partial charge in [0.25, 0.3) is 0 Å². The number of fused-ring (bicyclic) bond motifs is 1. The fourth-order valence-corrected chi connectivity index (χ4v) is 4.88. The number of aryl methyl sites for hydroxylation is 1. The first-order valence-electron chi connectivity index (χ1n) is 10.8. The Balaban J connectivity index is 2.01. The summed E-state index contributed by atoms with van der Waals surface area (Å²) in [4.78, 5) is 16.8. The smallest absolute Gasteiger partial charge is 0.178 e. The molecule has 2 aromatic heterocycles. The molecule has 4 nitrogen and oxygen atoms in total. The van der Waals surface area contributed by atoms with Crippen LogP contribution in [0.1, 0.15) is 39.8 Å². The summed E-state index contributed by atoms with van der Waals surface area (Å²) in [6.07, 6.45) is 0. The lowest BCUT2D eigenvalue weighted by Crippen LogP contribution is -2.38. The molecule has 0 unspecified atom stereocenters. The van der Waals surface area contributed by atoms with E-state index in [2.05, 4.69) is 41.4 Å². The third kappa shape index (κ3) is 3.35. The number of nitrogens with zero attached hydrogens (tertiary/aromatic N) is 3. The fraction of sp³-hybridized carbons (Fsp3) is 0.107. The number of benzene rings is 3. The first-order chi connectivity index (χ1) is 16.0. The van der Waals surface area contributed by atoms with Gasteiger partial charge in [-0.2, -0.15) is 5.10 Å². The average molecular weight is 452 g/mol. The van der Waals surface area contributed by atoms with Crippen molar-refractivity contribution in [1.82, 2.24) is 14.8 Å². The van der Waals surface area contributed by atoms with Crippen molar-refractivity contribution in [1.29, 1.82) is 0 Å². The predicted octanol–water partition coefficient (Wildman–Crippen LogP) is 6.44. The van der Waals surface area contributed by atoms with Gasteiger partial charge in [-0.05, 0) is 23.6 Å². The molecular formula is C28H22ClN3O. The second-order valence-corrected chi connectivity index (χ2v) is 8.44. The number of hydrogen-bond acceptors (Lipinski definition) is 3. The van der Waals surface area contributed by atoms with Crippen molar-refractivity contribution < 1.29 is 4.79 Å². The maximum atomic E-state index is 12.5. The summed E-state index contributed by atoms with van der Waals surface area (Å²) in [5, 5.41) is 6.02. The SMILES string of the molecule is CC(=O)c1nc(Cl)cc2c1c(C)nn2C(c1ccccc1)(c1ccccc1)c1ccccc1. The lowest BCUT2D eigenvalue weighted by atomic mass is 9.77. The molecule has 33 heavy (non-hydrogen) atoms. The van der Waals surface area contributed by atoms with Gasteiger partial charge in [0.15, 0.2) is 5.78 Å². The van der Waals surface area contributed by atoms with Gasteiger partial charge in [-0.15, -0.1) is 0 Å². The van der Waals surface area contributed by atoms with Gasteiger partial charge in [0, 0.05) is 13.0 Å². The Morgan fingerprint density at radius 1 is 0.818 bits per heavy atom. The van der Waals surface area contributed by atoms with Crippen molar-refractivity contribution in [2.75, 3.05) is 0 Å². The van der Waals surface area contributed by atoms with E-state index in [1.807, 2.05) is 66.2 Å². The van der Waals surface area contributed by atoms with E-state index in [1.165, 1.54) is 6.92 Å². The van der Waals surface area contributed by atoms with E-state index >= 15 is 0 Å². The summed E-state index contributed by atoms with van der Waals surface area (Å²) in [6.45, 7) is 3.42. The number of aromatic nitrogens is 3. The molecule has 0 aliphatic rings. The highest BCUT2D eigenvalue weighted by Gasteiger charge is 2.41. The van der Waals surface area contributed by atoms with Gasteiger partial charge in [-0.3, -0.25) is 4.79 Å². The number of pyridine rings is 1. The van der Waals surface area contributed by atoms with Crippen molar-refractivity contribution in [2.24, 2.45) is 0 Å². The van der Waals surface area contributed by atoms with E-state index in [1.54, 1.807) is 6.07 Å². The van der Waals surface area contributed by atoms with Crippen LogP contribution in [0.15, 0.2) is 97.1 Å². The van der Waals surface area contributed by atoms with Gasteiger partial charge in [0.1, 0.15) is 16.4 Å². The molecule has 0 amide bonds. The number of ketones is 1. The molecule has 0 spiro atoms. The number of carbonyl (C=O) groups is 1. The minimum Gasteiger partial charge on any atom is -0.293 e. The molecule has 0 atom stereocenters. The van der Waals surface area contributed by atoms with Gasteiger partial charge >= 0.3 is 0 Å². The highest BCUT2D eigenvalue weighted by molar-refractivity contribution is 6.30. The van der Waals surface area contributed by atoms with Gasteiger partial charge < -0.3 is 0 Å². The number of hydrogen-bond donors (Lipinski definition) is 0. The van der Waals surface area contributed by atoms with Crippen LogP contribution in [0.3, 0.4) is 0 Å². The van der Waals surface area contributed by atoms with E-state index in [4.69, 9.17) is 16.7 Å². The molecule has 0 aliphatic heterocycles. The number of rotatable bonds is 5. The summed E-state index contributed by atoms with van der Waals surface area (Å²) >= 11 is 6.43. The molecule has 2 heterocycles. The maximum absolute atomic E-state index is 12.5. The average Bonchev–Trinajstić information content (AvgIpc) is 3.17. The molecule has 162 valence electrons. The second-order valence-electron chi connectivity index (χ2n) is 8.05.